The van der Waals surface area contributed by atoms with Crippen molar-refractivity contribution in [3.05, 3.63) is 29.3 Å². The van der Waals surface area contributed by atoms with Gasteiger partial charge in [0.25, 0.3) is 0 Å². The molecule has 0 saturated carbocycles. The van der Waals surface area contributed by atoms with Crippen molar-refractivity contribution in [2.75, 3.05) is 0 Å². The summed E-state index contributed by atoms with van der Waals surface area (Å²) in [5.74, 6) is 0.935. The van der Waals surface area contributed by atoms with Crippen molar-refractivity contribution in [3.63, 3.8) is 0 Å². The summed E-state index contributed by atoms with van der Waals surface area (Å²) in [5, 5.41) is 0. The van der Waals surface area contributed by atoms with Crippen LogP contribution in [0.2, 0.25) is 0 Å². The Hall–Kier alpha value is -0.580. The third-order valence-electron chi connectivity index (χ3n) is 2.06. The van der Waals surface area contributed by atoms with Gasteiger partial charge < -0.3 is 4.74 Å². The van der Waals surface area contributed by atoms with Gasteiger partial charge in [0.2, 0.25) is 0 Å². The van der Waals surface area contributed by atoms with Crippen LogP contribution in [0.15, 0.2) is 23.2 Å². The lowest BCUT2D eigenvalue weighted by Gasteiger charge is -2.10. The fraction of sp³-hybridized carbons (Fsp3) is 0.364. The maximum absolute atomic E-state index is 5.63. The van der Waals surface area contributed by atoms with E-state index in [0.29, 0.717) is 0 Å². The monoisotopic (exact) mass is 301 g/mol. The van der Waals surface area contributed by atoms with Crippen LogP contribution in [-0.2, 0) is 6.54 Å². The van der Waals surface area contributed by atoms with Crippen LogP contribution in [0.5, 0.6) is 5.75 Å². The van der Waals surface area contributed by atoms with E-state index in [2.05, 4.69) is 39.7 Å². The first kappa shape index (κ1) is 9.96. The van der Waals surface area contributed by atoms with Crippen LogP contribution in [0.1, 0.15) is 25.0 Å². The number of hydrogen-bond acceptors (Lipinski definition) is 2. The zero-order valence-corrected chi connectivity index (χ0v) is 10.4. The van der Waals surface area contributed by atoms with Crippen LogP contribution in [-0.4, -0.2) is 9.82 Å². The Balaban J connectivity index is 2.30. The molecule has 0 radical (unpaired) electrons. The van der Waals surface area contributed by atoms with E-state index >= 15 is 0 Å². The molecule has 0 fully saturated rings. The Morgan fingerprint density at radius 3 is 2.93 bits per heavy atom. The molecule has 0 amide bonds. The highest BCUT2D eigenvalue weighted by Gasteiger charge is 2.14. The van der Waals surface area contributed by atoms with Gasteiger partial charge in [-0.15, -0.1) is 0 Å². The summed E-state index contributed by atoms with van der Waals surface area (Å²) in [5.41, 5.74) is 2.52. The SMILES string of the molecule is CC(C)Oc1ccc2c(c1)C(I)=NC2. The number of fused-ring (bicyclic) bond motifs is 1. The summed E-state index contributed by atoms with van der Waals surface area (Å²) in [6.07, 6.45) is 0.226. The number of hydrogen-bond donors (Lipinski definition) is 0. The van der Waals surface area contributed by atoms with Gasteiger partial charge >= 0.3 is 0 Å². The Bertz CT molecular complexity index is 385. The first-order chi connectivity index (χ1) is 6.66. The summed E-state index contributed by atoms with van der Waals surface area (Å²) in [6.45, 7) is 4.88. The Morgan fingerprint density at radius 1 is 1.43 bits per heavy atom. The van der Waals surface area contributed by atoms with Gasteiger partial charge in [0.1, 0.15) is 9.47 Å². The van der Waals surface area contributed by atoms with Gasteiger partial charge in [-0.25, -0.2) is 0 Å². The van der Waals surface area contributed by atoms with Gasteiger partial charge in [-0.3, -0.25) is 4.99 Å². The van der Waals surface area contributed by atoms with Crippen LogP contribution in [0.4, 0.5) is 0 Å². The minimum Gasteiger partial charge on any atom is -0.491 e. The minimum absolute atomic E-state index is 0.226. The summed E-state index contributed by atoms with van der Waals surface area (Å²) < 4.78 is 6.72. The van der Waals surface area contributed by atoms with Crippen molar-refractivity contribution in [2.45, 2.75) is 26.5 Å². The van der Waals surface area contributed by atoms with Crippen molar-refractivity contribution in [2.24, 2.45) is 4.99 Å². The normalized spacial score (nSPS) is 14.1. The molecule has 0 N–H and O–H groups in total. The van der Waals surface area contributed by atoms with E-state index in [1.165, 1.54) is 11.1 Å². The second-order valence-corrected chi connectivity index (χ2v) is 4.61. The summed E-state index contributed by atoms with van der Waals surface area (Å²) >= 11 is 2.27. The maximum Gasteiger partial charge on any atom is 0.120 e. The lowest BCUT2D eigenvalue weighted by Crippen LogP contribution is -2.06. The molecular weight excluding hydrogens is 289 g/mol. The quantitative estimate of drug-likeness (QED) is 0.769. The molecule has 14 heavy (non-hydrogen) atoms. The lowest BCUT2D eigenvalue weighted by atomic mass is 10.1. The topological polar surface area (TPSA) is 21.6 Å². The number of nitrogens with zero attached hydrogens (tertiary/aromatic N) is 1. The molecule has 1 aromatic rings. The summed E-state index contributed by atoms with van der Waals surface area (Å²) in [7, 11) is 0. The molecule has 0 aliphatic carbocycles. The molecule has 2 nitrogen and oxygen atoms in total. The largest absolute Gasteiger partial charge is 0.491 e. The summed E-state index contributed by atoms with van der Waals surface area (Å²) in [6, 6.07) is 6.19. The van der Waals surface area contributed by atoms with Gasteiger partial charge in [-0.1, -0.05) is 6.07 Å². The molecule has 0 atom stereocenters. The average molecular weight is 301 g/mol. The molecule has 1 heterocycles. The van der Waals surface area contributed by atoms with Gasteiger partial charge in [0, 0.05) is 5.56 Å². The van der Waals surface area contributed by atoms with Crippen molar-refractivity contribution >= 4 is 26.3 Å². The van der Waals surface area contributed by atoms with Gasteiger partial charge in [0.15, 0.2) is 0 Å². The number of rotatable bonds is 2. The highest BCUT2D eigenvalue weighted by atomic mass is 127. The van der Waals surface area contributed by atoms with E-state index in [4.69, 9.17) is 4.74 Å². The van der Waals surface area contributed by atoms with Gasteiger partial charge in [-0.05, 0) is 54.1 Å². The number of benzene rings is 1. The first-order valence-electron chi connectivity index (χ1n) is 4.66. The Morgan fingerprint density at radius 2 is 2.21 bits per heavy atom. The predicted octanol–water partition coefficient (Wildman–Crippen LogP) is 3.17. The van der Waals surface area contributed by atoms with Crippen LogP contribution in [0.25, 0.3) is 0 Å². The molecule has 1 aromatic carbocycles. The second-order valence-electron chi connectivity index (χ2n) is 3.59. The molecule has 1 aliphatic heterocycles. The standard InChI is InChI=1S/C11H12INO/c1-7(2)14-9-4-3-8-6-13-11(12)10(8)5-9/h3-5,7H,6H2,1-2H3. The molecule has 2 rings (SSSR count). The molecule has 1 aliphatic rings. The Labute approximate surface area is 97.5 Å². The zero-order chi connectivity index (χ0) is 10.1. The fourth-order valence-corrected chi connectivity index (χ4v) is 2.14. The van der Waals surface area contributed by atoms with E-state index in [1.807, 2.05) is 19.9 Å². The number of ether oxygens (including phenoxy) is 1. The molecule has 0 saturated heterocycles. The van der Waals surface area contributed by atoms with Crippen LogP contribution >= 0.6 is 22.6 Å². The zero-order valence-electron chi connectivity index (χ0n) is 8.25. The summed E-state index contributed by atoms with van der Waals surface area (Å²) in [4.78, 5) is 4.37. The number of aliphatic imine (C=N–C) groups is 1. The van der Waals surface area contributed by atoms with Gasteiger partial charge in [-0.2, -0.15) is 0 Å². The van der Waals surface area contributed by atoms with Crippen molar-refractivity contribution in [1.29, 1.82) is 0 Å². The van der Waals surface area contributed by atoms with E-state index in [9.17, 15) is 0 Å². The Kier molecular flexibility index (Phi) is 2.76. The second kappa shape index (κ2) is 3.88. The molecule has 0 unspecified atom stereocenters. The van der Waals surface area contributed by atoms with Crippen molar-refractivity contribution in [1.82, 2.24) is 0 Å². The van der Waals surface area contributed by atoms with E-state index in [1.54, 1.807) is 0 Å². The smallest absolute Gasteiger partial charge is 0.120 e. The molecule has 0 bridgehead atoms. The van der Waals surface area contributed by atoms with Crippen LogP contribution in [0.3, 0.4) is 0 Å². The lowest BCUT2D eigenvalue weighted by molar-refractivity contribution is 0.242. The minimum atomic E-state index is 0.226. The van der Waals surface area contributed by atoms with Gasteiger partial charge in [0.05, 0.1) is 12.6 Å². The highest BCUT2D eigenvalue weighted by Crippen LogP contribution is 2.26. The average Bonchev–Trinajstić information content (AvgIpc) is 2.47. The third kappa shape index (κ3) is 1.92. The van der Waals surface area contributed by atoms with E-state index in [-0.39, 0.29) is 6.10 Å². The van der Waals surface area contributed by atoms with Crippen molar-refractivity contribution in [3.8, 4) is 5.75 Å². The predicted molar refractivity (Wildman–Crippen MR) is 66.5 cm³/mol. The maximum atomic E-state index is 5.63. The van der Waals surface area contributed by atoms with E-state index in [0.717, 1.165) is 16.0 Å². The molecule has 0 aromatic heterocycles. The highest BCUT2D eigenvalue weighted by molar-refractivity contribution is 14.1. The third-order valence-corrected chi connectivity index (χ3v) is 2.99. The molecular formula is C11H12INO. The van der Waals surface area contributed by atoms with Crippen LogP contribution in [0, 0.1) is 0 Å². The molecule has 74 valence electrons. The van der Waals surface area contributed by atoms with Crippen LogP contribution < -0.4 is 4.74 Å². The molecule has 0 spiro atoms. The van der Waals surface area contributed by atoms with E-state index < -0.39 is 0 Å². The fourth-order valence-electron chi connectivity index (χ4n) is 1.47. The first-order valence-corrected chi connectivity index (χ1v) is 5.74. The molecule has 3 heteroatoms. The van der Waals surface area contributed by atoms with Crippen molar-refractivity contribution < 1.29 is 4.74 Å². The number of halogens is 1.